The Morgan fingerprint density at radius 2 is 1.93 bits per heavy atom. The quantitative estimate of drug-likeness (QED) is 0.344. The van der Waals surface area contributed by atoms with E-state index >= 15 is 0 Å². The van der Waals surface area contributed by atoms with Crippen molar-refractivity contribution in [1.29, 1.82) is 0 Å². The predicted octanol–water partition coefficient (Wildman–Crippen LogP) is 2.54. The van der Waals surface area contributed by atoms with Crippen LogP contribution in [0.15, 0.2) is 29.3 Å². The molecule has 0 aromatic heterocycles. The van der Waals surface area contributed by atoms with Gasteiger partial charge in [0.05, 0.1) is 24.8 Å². The van der Waals surface area contributed by atoms with Gasteiger partial charge in [-0.2, -0.15) is 0 Å². The third-order valence-corrected chi connectivity index (χ3v) is 9.30. The zero-order chi connectivity index (χ0) is 17.9. The summed E-state index contributed by atoms with van der Waals surface area (Å²) in [4.78, 5) is 4.68. The molecule has 1 aromatic rings. The number of benzene rings is 1. The summed E-state index contributed by atoms with van der Waals surface area (Å²) in [6, 6.07) is 8.24. The van der Waals surface area contributed by atoms with Crippen molar-refractivity contribution in [3.8, 4) is 5.75 Å². The standard InChI is InChI=1S/C22H27N3O2.HI/c23-21(25-15-5-6-27-16-4-2-1-3-10(15)16)24-9-22(26)19-12-8-13-17-11(12)7-14(19)18(17)20(13)22;/h1-4,11-15,17-20,26H,5-9H2,(H3,23,24,25);1H. The van der Waals surface area contributed by atoms with Crippen LogP contribution >= 0.6 is 24.0 Å². The molecule has 150 valence electrons. The summed E-state index contributed by atoms with van der Waals surface area (Å²) < 4.78 is 5.73. The average molecular weight is 493 g/mol. The number of aliphatic hydroxyl groups is 1. The fraction of sp³-hybridized carbons (Fsp3) is 0.682. The first-order chi connectivity index (χ1) is 13.2. The Bertz CT molecular complexity index is 856. The van der Waals surface area contributed by atoms with Gasteiger partial charge in [0.15, 0.2) is 5.96 Å². The molecule has 6 heteroatoms. The number of guanidine groups is 1. The fourth-order valence-corrected chi connectivity index (χ4v) is 8.86. The Balaban J connectivity index is 0.00000156. The molecule has 5 saturated carbocycles. The number of hydrogen-bond acceptors (Lipinski definition) is 3. The van der Waals surface area contributed by atoms with E-state index in [0.29, 0.717) is 30.9 Å². The summed E-state index contributed by atoms with van der Waals surface area (Å²) in [5, 5.41) is 15.1. The highest BCUT2D eigenvalue weighted by molar-refractivity contribution is 14.0. The van der Waals surface area contributed by atoms with Crippen LogP contribution in [-0.4, -0.2) is 29.8 Å². The Kier molecular flexibility index (Phi) is 3.67. The van der Waals surface area contributed by atoms with Crippen LogP contribution in [0.4, 0.5) is 0 Å². The van der Waals surface area contributed by atoms with Crippen molar-refractivity contribution in [3.05, 3.63) is 29.8 Å². The largest absolute Gasteiger partial charge is 0.493 e. The number of nitrogens with zero attached hydrogens (tertiary/aromatic N) is 1. The number of nitrogens with one attached hydrogen (secondary N) is 1. The molecular weight excluding hydrogens is 465 g/mol. The molecule has 4 N–H and O–H groups in total. The summed E-state index contributed by atoms with van der Waals surface area (Å²) in [7, 11) is 0. The Morgan fingerprint density at radius 1 is 1.14 bits per heavy atom. The monoisotopic (exact) mass is 493 g/mol. The van der Waals surface area contributed by atoms with Gasteiger partial charge in [-0.25, -0.2) is 0 Å². The first kappa shape index (κ1) is 17.8. The highest BCUT2D eigenvalue weighted by atomic mass is 127. The number of fused-ring (bicyclic) bond motifs is 3. The van der Waals surface area contributed by atoms with Crippen molar-refractivity contribution in [3.63, 3.8) is 0 Å². The van der Waals surface area contributed by atoms with Crippen molar-refractivity contribution in [2.45, 2.75) is 30.9 Å². The van der Waals surface area contributed by atoms with Gasteiger partial charge in [0.1, 0.15) is 5.75 Å². The number of halogens is 1. The van der Waals surface area contributed by atoms with E-state index in [1.54, 1.807) is 0 Å². The van der Waals surface area contributed by atoms with Gasteiger partial charge in [-0.05, 0) is 66.3 Å². The van der Waals surface area contributed by atoms with Crippen LogP contribution in [0.1, 0.15) is 30.9 Å². The van der Waals surface area contributed by atoms with E-state index in [-0.39, 0.29) is 30.0 Å². The fourth-order valence-electron chi connectivity index (χ4n) is 8.86. The maximum Gasteiger partial charge on any atom is 0.189 e. The zero-order valence-corrected chi connectivity index (χ0v) is 18.2. The number of aliphatic imine (C=N–C) groups is 1. The van der Waals surface area contributed by atoms with Gasteiger partial charge in [0.2, 0.25) is 0 Å². The lowest BCUT2D eigenvalue weighted by atomic mass is 9.56. The van der Waals surface area contributed by atoms with E-state index in [1.165, 1.54) is 12.8 Å². The van der Waals surface area contributed by atoms with Crippen LogP contribution in [-0.2, 0) is 0 Å². The molecule has 2 bridgehead atoms. The molecule has 28 heavy (non-hydrogen) atoms. The summed E-state index contributed by atoms with van der Waals surface area (Å²) in [5.74, 6) is 7.41. The second-order valence-corrected chi connectivity index (χ2v) is 9.90. The third-order valence-electron chi connectivity index (χ3n) is 9.30. The van der Waals surface area contributed by atoms with Crippen molar-refractivity contribution >= 4 is 29.9 Å². The van der Waals surface area contributed by atoms with Crippen molar-refractivity contribution in [1.82, 2.24) is 5.32 Å². The van der Waals surface area contributed by atoms with Crippen LogP contribution in [0, 0.1) is 47.3 Å². The normalized spacial score (nSPS) is 50.8. The lowest BCUT2D eigenvalue weighted by Crippen LogP contribution is -2.56. The predicted molar refractivity (Wildman–Crippen MR) is 116 cm³/mol. The maximum atomic E-state index is 11.7. The third kappa shape index (κ3) is 1.94. The minimum atomic E-state index is -0.593. The second kappa shape index (κ2) is 5.78. The molecule has 0 saturated heterocycles. The Hall–Kier alpha value is -1.02. The molecule has 1 heterocycles. The minimum absolute atomic E-state index is 0. The van der Waals surface area contributed by atoms with Gasteiger partial charge < -0.3 is 20.9 Å². The van der Waals surface area contributed by atoms with Crippen molar-refractivity contribution < 1.29 is 9.84 Å². The Labute approximate surface area is 182 Å². The van der Waals surface area contributed by atoms with Crippen molar-refractivity contribution in [2.24, 2.45) is 58.1 Å². The molecule has 0 amide bonds. The zero-order valence-electron chi connectivity index (χ0n) is 15.8. The summed E-state index contributed by atoms with van der Waals surface area (Å²) in [6.07, 6.45) is 3.65. The van der Waals surface area contributed by atoms with Gasteiger partial charge >= 0.3 is 0 Å². The topological polar surface area (TPSA) is 79.9 Å². The van der Waals surface area contributed by atoms with Crippen molar-refractivity contribution in [2.75, 3.05) is 13.2 Å². The van der Waals surface area contributed by atoms with Gasteiger partial charge in [-0.15, -0.1) is 24.0 Å². The van der Waals surface area contributed by atoms with E-state index < -0.39 is 5.60 Å². The Morgan fingerprint density at radius 3 is 2.82 bits per heavy atom. The molecule has 10 atom stereocenters. The lowest BCUT2D eigenvalue weighted by molar-refractivity contribution is -0.123. The van der Waals surface area contributed by atoms with Gasteiger partial charge in [-0.1, -0.05) is 18.2 Å². The van der Waals surface area contributed by atoms with E-state index in [0.717, 1.165) is 53.2 Å². The van der Waals surface area contributed by atoms with Crippen LogP contribution in [0.2, 0.25) is 0 Å². The van der Waals surface area contributed by atoms with Crippen LogP contribution in [0.5, 0.6) is 5.75 Å². The molecule has 1 aliphatic heterocycles. The molecule has 5 nitrogen and oxygen atoms in total. The number of hydrogen-bond donors (Lipinski definition) is 3. The van der Waals surface area contributed by atoms with E-state index in [9.17, 15) is 5.11 Å². The van der Waals surface area contributed by atoms with Gasteiger partial charge in [-0.3, -0.25) is 4.99 Å². The summed E-state index contributed by atoms with van der Waals surface area (Å²) in [6.45, 7) is 1.16. The summed E-state index contributed by atoms with van der Waals surface area (Å²) in [5.41, 5.74) is 6.82. The molecule has 0 radical (unpaired) electrons. The highest BCUT2D eigenvalue weighted by Crippen LogP contribution is 2.85. The summed E-state index contributed by atoms with van der Waals surface area (Å²) >= 11 is 0. The number of nitrogens with two attached hydrogens (primary N) is 1. The lowest BCUT2D eigenvalue weighted by Gasteiger charge is -2.51. The number of rotatable bonds is 3. The van der Waals surface area contributed by atoms with E-state index in [1.807, 2.05) is 18.2 Å². The molecule has 0 spiro atoms. The first-order valence-corrected chi connectivity index (χ1v) is 10.7. The van der Waals surface area contributed by atoms with Crippen LogP contribution in [0.25, 0.3) is 0 Å². The van der Waals surface area contributed by atoms with Gasteiger partial charge in [0, 0.05) is 12.0 Å². The highest BCUT2D eigenvalue weighted by Gasteiger charge is 2.84. The van der Waals surface area contributed by atoms with Crippen LogP contribution < -0.4 is 15.8 Å². The second-order valence-electron chi connectivity index (χ2n) is 9.90. The SMILES string of the molecule is I.NC(=NCC1(O)C2C3CC4C5C3CC2C5C41)NC1CCOc2ccccc21. The number of ether oxygens (including phenoxy) is 1. The molecule has 5 fully saturated rings. The molecular formula is C22H28IN3O2. The molecule has 5 aliphatic carbocycles. The maximum absolute atomic E-state index is 11.7. The molecule has 6 aliphatic rings. The van der Waals surface area contributed by atoms with Gasteiger partial charge in [0.25, 0.3) is 0 Å². The first-order valence-electron chi connectivity index (χ1n) is 10.7. The van der Waals surface area contributed by atoms with E-state index in [4.69, 9.17) is 10.5 Å². The smallest absolute Gasteiger partial charge is 0.189 e. The van der Waals surface area contributed by atoms with E-state index in [2.05, 4.69) is 16.4 Å². The molecule has 7 rings (SSSR count). The molecule has 10 unspecified atom stereocenters. The van der Waals surface area contributed by atoms with Crippen LogP contribution in [0.3, 0.4) is 0 Å². The minimum Gasteiger partial charge on any atom is -0.493 e. The average Bonchev–Trinajstić information content (AvgIpc) is 3.19. The molecule has 1 aromatic carbocycles. The number of para-hydroxylation sites is 1.